The lowest BCUT2D eigenvalue weighted by Gasteiger charge is -2.22. The molecule has 0 aliphatic heterocycles. The summed E-state index contributed by atoms with van der Waals surface area (Å²) in [7, 11) is 0. The molecule has 84 valence electrons. The molecular formula is C11H13F3O. The number of hydrogen-bond acceptors (Lipinski definition) is 1. The van der Waals surface area contributed by atoms with Gasteiger partial charge in [0.25, 0.3) is 0 Å². The minimum Gasteiger partial charge on any atom is -0.385 e. The highest BCUT2D eigenvalue weighted by Gasteiger charge is 2.32. The average Bonchev–Trinajstić information content (AvgIpc) is 2.17. The molecule has 0 bridgehead atoms. The monoisotopic (exact) mass is 218 g/mol. The predicted octanol–water partition coefficient (Wildman–Crippen LogP) is 3.32. The molecule has 1 N–H and O–H groups in total. The zero-order valence-electron chi connectivity index (χ0n) is 8.60. The van der Waals surface area contributed by atoms with E-state index in [1.165, 1.54) is 19.1 Å². The van der Waals surface area contributed by atoms with Gasteiger partial charge in [0.2, 0.25) is 0 Å². The van der Waals surface area contributed by atoms with Crippen molar-refractivity contribution in [2.24, 2.45) is 0 Å². The zero-order chi connectivity index (χ0) is 11.7. The fourth-order valence-corrected chi connectivity index (χ4v) is 1.23. The average molecular weight is 218 g/mol. The summed E-state index contributed by atoms with van der Waals surface area (Å²) in [4.78, 5) is 0. The first-order valence-electron chi connectivity index (χ1n) is 4.67. The van der Waals surface area contributed by atoms with Gasteiger partial charge in [0.15, 0.2) is 0 Å². The van der Waals surface area contributed by atoms with Crippen LogP contribution < -0.4 is 0 Å². The van der Waals surface area contributed by atoms with Crippen LogP contribution in [0, 0.1) is 0 Å². The van der Waals surface area contributed by atoms with Crippen molar-refractivity contribution in [3.63, 3.8) is 0 Å². The fourth-order valence-electron chi connectivity index (χ4n) is 1.23. The Morgan fingerprint density at radius 1 is 1.20 bits per heavy atom. The van der Waals surface area contributed by atoms with Gasteiger partial charge >= 0.3 is 6.18 Å². The van der Waals surface area contributed by atoms with Gasteiger partial charge in [-0.15, -0.1) is 0 Å². The molecule has 0 spiro atoms. The van der Waals surface area contributed by atoms with Crippen LogP contribution in [0.5, 0.6) is 0 Å². The molecular weight excluding hydrogens is 205 g/mol. The quantitative estimate of drug-likeness (QED) is 0.807. The van der Waals surface area contributed by atoms with Crippen LogP contribution in [0.25, 0.3) is 0 Å². The van der Waals surface area contributed by atoms with E-state index >= 15 is 0 Å². The second-order valence-corrected chi connectivity index (χ2v) is 3.71. The number of benzene rings is 1. The first-order valence-corrected chi connectivity index (χ1v) is 4.67. The molecule has 0 aliphatic rings. The highest BCUT2D eigenvalue weighted by atomic mass is 19.4. The maximum Gasteiger partial charge on any atom is 0.416 e. The molecule has 0 saturated heterocycles. The smallest absolute Gasteiger partial charge is 0.385 e. The van der Waals surface area contributed by atoms with Gasteiger partial charge in [-0.2, -0.15) is 13.2 Å². The van der Waals surface area contributed by atoms with Crippen molar-refractivity contribution in [3.05, 3.63) is 35.4 Å². The SMILES string of the molecule is CC[C@](C)(O)c1cccc(C(F)(F)F)c1. The van der Waals surface area contributed by atoms with Gasteiger partial charge in [-0.05, 0) is 31.0 Å². The van der Waals surface area contributed by atoms with Gasteiger partial charge < -0.3 is 5.11 Å². The molecule has 1 rings (SSSR count). The molecule has 0 heterocycles. The Labute approximate surface area is 86.5 Å². The van der Waals surface area contributed by atoms with Crippen molar-refractivity contribution in [1.29, 1.82) is 0 Å². The van der Waals surface area contributed by atoms with E-state index in [1.54, 1.807) is 6.92 Å². The number of halogens is 3. The van der Waals surface area contributed by atoms with Crippen LogP contribution in [0.3, 0.4) is 0 Å². The van der Waals surface area contributed by atoms with Crippen LogP contribution in [0.4, 0.5) is 13.2 Å². The van der Waals surface area contributed by atoms with Gasteiger partial charge in [0, 0.05) is 0 Å². The molecule has 4 heteroatoms. The molecule has 0 aromatic heterocycles. The van der Waals surface area contributed by atoms with E-state index < -0.39 is 17.3 Å². The molecule has 15 heavy (non-hydrogen) atoms. The van der Waals surface area contributed by atoms with Crippen molar-refractivity contribution in [2.45, 2.75) is 32.0 Å². The molecule has 1 atom stereocenters. The van der Waals surface area contributed by atoms with Crippen LogP contribution in [-0.4, -0.2) is 5.11 Å². The molecule has 1 aromatic rings. The third kappa shape index (κ3) is 2.72. The van der Waals surface area contributed by atoms with Crippen LogP contribution in [0.1, 0.15) is 31.4 Å². The van der Waals surface area contributed by atoms with Crippen molar-refractivity contribution < 1.29 is 18.3 Å². The van der Waals surface area contributed by atoms with E-state index in [1.807, 2.05) is 0 Å². The molecule has 1 nitrogen and oxygen atoms in total. The van der Waals surface area contributed by atoms with Crippen LogP contribution >= 0.6 is 0 Å². The maximum absolute atomic E-state index is 12.4. The summed E-state index contributed by atoms with van der Waals surface area (Å²) in [5, 5.41) is 9.82. The second kappa shape index (κ2) is 3.85. The molecule has 0 unspecified atom stereocenters. The Morgan fingerprint density at radius 2 is 1.73 bits per heavy atom. The van der Waals surface area contributed by atoms with E-state index in [0.29, 0.717) is 12.0 Å². The maximum atomic E-state index is 12.4. The van der Waals surface area contributed by atoms with E-state index in [9.17, 15) is 18.3 Å². The lowest BCUT2D eigenvalue weighted by molar-refractivity contribution is -0.137. The highest BCUT2D eigenvalue weighted by Crippen LogP contribution is 2.32. The van der Waals surface area contributed by atoms with Gasteiger partial charge in [0.05, 0.1) is 11.2 Å². The van der Waals surface area contributed by atoms with Gasteiger partial charge in [-0.1, -0.05) is 19.1 Å². The zero-order valence-corrected chi connectivity index (χ0v) is 8.60. The van der Waals surface area contributed by atoms with Gasteiger partial charge in [-0.3, -0.25) is 0 Å². The third-order valence-electron chi connectivity index (χ3n) is 2.50. The molecule has 0 radical (unpaired) electrons. The number of alkyl halides is 3. The summed E-state index contributed by atoms with van der Waals surface area (Å²) in [6.45, 7) is 3.22. The first-order chi connectivity index (χ1) is 6.77. The minimum atomic E-state index is -4.36. The molecule has 0 saturated carbocycles. The lowest BCUT2D eigenvalue weighted by Crippen LogP contribution is -2.20. The van der Waals surface area contributed by atoms with E-state index in [-0.39, 0.29) is 0 Å². The summed E-state index contributed by atoms with van der Waals surface area (Å²) < 4.78 is 37.1. The fraction of sp³-hybridized carbons (Fsp3) is 0.455. The van der Waals surface area contributed by atoms with Gasteiger partial charge in [0.1, 0.15) is 0 Å². The standard InChI is InChI=1S/C11H13F3O/c1-3-10(2,15)8-5-4-6-9(7-8)11(12,13)14/h4-7,15H,3H2,1-2H3/t10-/m0/s1. The number of rotatable bonds is 2. The van der Waals surface area contributed by atoms with Crippen LogP contribution in [0.15, 0.2) is 24.3 Å². The van der Waals surface area contributed by atoms with E-state index in [0.717, 1.165) is 12.1 Å². The predicted molar refractivity (Wildman–Crippen MR) is 51.3 cm³/mol. The normalized spacial score (nSPS) is 16.1. The summed E-state index contributed by atoms with van der Waals surface area (Å²) in [6, 6.07) is 4.79. The molecule has 0 amide bonds. The van der Waals surface area contributed by atoms with Gasteiger partial charge in [-0.25, -0.2) is 0 Å². The summed E-state index contributed by atoms with van der Waals surface area (Å²) in [5.74, 6) is 0. The molecule has 1 aromatic carbocycles. The van der Waals surface area contributed by atoms with Crippen molar-refractivity contribution in [3.8, 4) is 0 Å². The minimum absolute atomic E-state index is 0.292. The van der Waals surface area contributed by atoms with E-state index in [4.69, 9.17) is 0 Å². The molecule has 0 fully saturated rings. The summed E-state index contributed by atoms with van der Waals surface area (Å²) in [5.41, 5.74) is -1.64. The van der Waals surface area contributed by atoms with Crippen LogP contribution in [-0.2, 0) is 11.8 Å². The Balaban J connectivity index is 3.14. The van der Waals surface area contributed by atoms with Crippen molar-refractivity contribution in [1.82, 2.24) is 0 Å². The Hall–Kier alpha value is -1.03. The Morgan fingerprint density at radius 3 is 2.20 bits per heavy atom. The van der Waals surface area contributed by atoms with Crippen molar-refractivity contribution in [2.75, 3.05) is 0 Å². The largest absolute Gasteiger partial charge is 0.416 e. The van der Waals surface area contributed by atoms with Crippen LogP contribution in [0.2, 0.25) is 0 Å². The third-order valence-corrected chi connectivity index (χ3v) is 2.50. The Kier molecular flexibility index (Phi) is 3.09. The summed E-state index contributed by atoms with van der Waals surface area (Å²) >= 11 is 0. The first kappa shape index (κ1) is 12.0. The van der Waals surface area contributed by atoms with E-state index in [2.05, 4.69) is 0 Å². The number of aliphatic hydroxyl groups is 1. The highest BCUT2D eigenvalue weighted by molar-refractivity contribution is 5.29. The van der Waals surface area contributed by atoms with Crippen molar-refractivity contribution >= 4 is 0 Å². The number of hydrogen-bond donors (Lipinski definition) is 1. The Bertz CT molecular complexity index is 342. The lowest BCUT2D eigenvalue weighted by atomic mass is 9.92. The topological polar surface area (TPSA) is 20.2 Å². The summed E-state index contributed by atoms with van der Waals surface area (Å²) in [6.07, 6.45) is -3.99. The molecule has 0 aliphatic carbocycles. The second-order valence-electron chi connectivity index (χ2n) is 3.71.